The number of carbonyl (C=O) groups excluding carboxylic acids is 3. The van der Waals surface area contributed by atoms with E-state index in [9.17, 15) is 24.3 Å². The molecule has 34 heavy (non-hydrogen) atoms. The summed E-state index contributed by atoms with van der Waals surface area (Å²) in [6.45, 7) is 1.90. The molecule has 180 valence electrons. The van der Waals surface area contributed by atoms with E-state index in [2.05, 4.69) is 15.5 Å². The molecule has 0 aliphatic carbocycles. The molecule has 0 spiro atoms. The molecule has 0 aromatic carbocycles. The first kappa shape index (κ1) is 24.3. The molecular formula is C20H21N5O6S3. The lowest BCUT2D eigenvalue weighted by Gasteiger charge is -2.49. The molecular weight excluding hydrogens is 502 g/mol. The van der Waals surface area contributed by atoms with E-state index in [-0.39, 0.29) is 36.2 Å². The molecule has 2 amide bonds. The number of hydrogen-bond acceptors (Lipinski definition) is 10. The van der Waals surface area contributed by atoms with Gasteiger partial charge in [-0.2, -0.15) is 0 Å². The Morgan fingerprint density at radius 3 is 2.82 bits per heavy atom. The smallest absolute Gasteiger partial charge is 0.376 e. The molecule has 4 heterocycles. The van der Waals surface area contributed by atoms with Gasteiger partial charge in [-0.05, 0) is 23.9 Å². The van der Waals surface area contributed by atoms with Crippen LogP contribution in [-0.4, -0.2) is 78.1 Å². The van der Waals surface area contributed by atoms with Crippen LogP contribution in [0.4, 0.5) is 0 Å². The van der Waals surface area contributed by atoms with E-state index >= 15 is 0 Å². The number of ether oxygens (including phenoxy) is 1. The lowest BCUT2D eigenvalue weighted by atomic mass is 10.0. The van der Waals surface area contributed by atoms with Gasteiger partial charge in [0.25, 0.3) is 5.91 Å². The van der Waals surface area contributed by atoms with E-state index < -0.39 is 29.3 Å². The van der Waals surface area contributed by atoms with Crippen LogP contribution >= 0.6 is 34.9 Å². The number of nitrogens with one attached hydrogen (secondary N) is 1. The van der Waals surface area contributed by atoms with Crippen molar-refractivity contribution in [3.63, 3.8) is 0 Å². The third-order valence-electron chi connectivity index (χ3n) is 5.15. The molecule has 2 N–H and O–H groups in total. The zero-order valence-corrected chi connectivity index (χ0v) is 20.7. The Morgan fingerprint density at radius 2 is 2.15 bits per heavy atom. The van der Waals surface area contributed by atoms with E-state index in [4.69, 9.17) is 4.74 Å². The summed E-state index contributed by atoms with van der Waals surface area (Å²) in [5.74, 6) is -1.85. The lowest BCUT2D eigenvalue weighted by Crippen LogP contribution is -2.70. The fourth-order valence-corrected chi connectivity index (χ4v) is 6.66. The van der Waals surface area contributed by atoms with E-state index in [0.717, 1.165) is 4.88 Å². The maximum absolute atomic E-state index is 12.8. The number of β-lactam (4-membered cyclic amide) rings is 1. The van der Waals surface area contributed by atoms with Crippen molar-refractivity contribution < 1.29 is 29.0 Å². The predicted octanol–water partition coefficient (Wildman–Crippen LogP) is 1.13. The second-order valence-corrected chi connectivity index (χ2v) is 10.4. The van der Waals surface area contributed by atoms with Gasteiger partial charge in [-0.15, -0.1) is 33.3 Å². The van der Waals surface area contributed by atoms with Crippen molar-refractivity contribution in [1.82, 2.24) is 25.0 Å². The van der Waals surface area contributed by atoms with E-state index in [1.54, 1.807) is 14.0 Å². The number of amides is 2. The molecule has 1 saturated heterocycles. The molecule has 4 rings (SSSR count). The Hall–Kier alpha value is -2.84. The maximum Gasteiger partial charge on any atom is 0.376 e. The van der Waals surface area contributed by atoms with Gasteiger partial charge in [0.15, 0.2) is 5.16 Å². The molecule has 14 heteroatoms. The van der Waals surface area contributed by atoms with Gasteiger partial charge in [-0.25, -0.2) is 9.59 Å². The highest BCUT2D eigenvalue weighted by Crippen LogP contribution is 2.41. The quantitative estimate of drug-likeness (QED) is 0.279. The first-order chi connectivity index (χ1) is 16.3. The Bertz CT molecular complexity index is 1160. The second-order valence-electron chi connectivity index (χ2n) is 7.34. The third kappa shape index (κ3) is 4.70. The van der Waals surface area contributed by atoms with Crippen molar-refractivity contribution in [1.29, 1.82) is 0 Å². The summed E-state index contributed by atoms with van der Waals surface area (Å²) in [6.07, 6.45) is 0.174. The van der Waals surface area contributed by atoms with Crippen LogP contribution in [0.3, 0.4) is 0 Å². The number of carbonyl (C=O) groups is 4. The molecule has 2 aliphatic heterocycles. The van der Waals surface area contributed by atoms with Crippen molar-refractivity contribution in [2.45, 2.75) is 29.9 Å². The van der Waals surface area contributed by atoms with E-state index in [1.165, 1.54) is 44.3 Å². The van der Waals surface area contributed by atoms with Crippen LogP contribution in [0.5, 0.6) is 0 Å². The summed E-state index contributed by atoms with van der Waals surface area (Å²) in [4.78, 5) is 51.2. The van der Waals surface area contributed by atoms with Crippen LogP contribution in [0.15, 0.2) is 33.9 Å². The third-order valence-corrected chi connectivity index (χ3v) is 8.47. The van der Waals surface area contributed by atoms with Crippen LogP contribution in [0, 0.1) is 0 Å². The minimum absolute atomic E-state index is 0.0499. The van der Waals surface area contributed by atoms with Crippen molar-refractivity contribution in [3.05, 3.63) is 39.5 Å². The van der Waals surface area contributed by atoms with Crippen molar-refractivity contribution in [2.24, 2.45) is 7.05 Å². The summed E-state index contributed by atoms with van der Waals surface area (Å²) in [5.41, 5.74) is 0.480. The van der Waals surface area contributed by atoms with Gasteiger partial charge in [0.1, 0.15) is 17.1 Å². The number of carboxylic acids is 1. The fourth-order valence-electron chi connectivity index (χ4n) is 3.56. The predicted molar refractivity (Wildman–Crippen MR) is 125 cm³/mol. The number of nitrogens with zero attached hydrogens (tertiary/aromatic N) is 4. The number of thiophene rings is 1. The monoisotopic (exact) mass is 523 g/mol. The number of aliphatic carboxylic acids is 1. The molecule has 2 aromatic rings. The van der Waals surface area contributed by atoms with Gasteiger partial charge in [0.2, 0.25) is 11.7 Å². The van der Waals surface area contributed by atoms with Gasteiger partial charge in [-0.1, -0.05) is 17.8 Å². The Kier molecular flexibility index (Phi) is 7.28. The molecule has 2 aromatic heterocycles. The zero-order chi connectivity index (χ0) is 24.4. The number of aromatic nitrogens is 3. The van der Waals surface area contributed by atoms with Crippen molar-refractivity contribution >= 4 is 58.6 Å². The number of thioether (sulfide) groups is 2. The molecule has 0 radical (unpaired) electrons. The van der Waals surface area contributed by atoms with Crippen molar-refractivity contribution in [2.75, 3.05) is 18.1 Å². The van der Waals surface area contributed by atoms with Gasteiger partial charge < -0.3 is 15.2 Å². The zero-order valence-electron chi connectivity index (χ0n) is 18.2. The average molecular weight is 524 g/mol. The van der Waals surface area contributed by atoms with Crippen LogP contribution < -0.4 is 5.32 Å². The minimum Gasteiger partial charge on any atom is -0.477 e. The molecule has 2 aliphatic rings. The Morgan fingerprint density at radius 1 is 1.35 bits per heavy atom. The van der Waals surface area contributed by atoms with Crippen molar-refractivity contribution in [3.8, 4) is 0 Å². The van der Waals surface area contributed by atoms with E-state index in [1.807, 2.05) is 17.5 Å². The van der Waals surface area contributed by atoms with Gasteiger partial charge in [0.05, 0.1) is 13.0 Å². The van der Waals surface area contributed by atoms with Crippen LogP contribution in [0.1, 0.15) is 22.4 Å². The Labute approximate surface area is 206 Å². The average Bonchev–Trinajstić information content (AvgIpc) is 3.44. The molecule has 1 fully saturated rings. The number of hydrogen-bond donors (Lipinski definition) is 2. The number of esters is 1. The van der Waals surface area contributed by atoms with Gasteiger partial charge in [-0.3, -0.25) is 19.1 Å². The summed E-state index contributed by atoms with van der Waals surface area (Å²) in [6, 6.07) is 2.94. The first-order valence-electron chi connectivity index (χ1n) is 10.2. The molecule has 11 nitrogen and oxygen atoms in total. The van der Waals surface area contributed by atoms with E-state index in [0.29, 0.717) is 16.5 Å². The summed E-state index contributed by atoms with van der Waals surface area (Å²) < 4.78 is 6.42. The lowest BCUT2D eigenvalue weighted by molar-refractivity contribution is -0.150. The number of carboxylic acid groups (broad SMARTS) is 1. The highest BCUT2D eigenvalue weighted by molar-refractivity contribution is 8.01. The highest BCUT2D eigenvalue weighted by atomic mass is 32.2. The molecule has 1 unspecified atom stereocenters. The SMILES string of the molecule is CCOC(=O)c1nnc(SCC2=C(C(=O)O)N3C(=O)C(NC(=O)Cc4cccs4)[C@H]3SC2)n1C. The summed E-state index contributed by atoms with van der Waals surface area (Å²) in [7, 11) is 1.62. The number of fused-ring (bicyclic) bond motifs is 1. The Balaban J connectivity index is 1.43. The normalized spacial score (nSPS) is 19.5. The molecule has 2 atom stereocenters. The molecule has 0 bridgehead atoms. The largest absolute Gasteiger partial charge is 0.477 e. The summed E-state index contributed by atoms with van der Waals surface area (Å²) >= 11 is 4.07. The standard InChI is InChI=1S/C20H21N5O6S3/c1-3-31-19(30)15-22-23-20(24(15)2)34-9-10-8-33-17-13(16(27)25(17)14(10)18(28)29)21-12(26)7-11-5-4-6-32-11/h4-6,13,17H,3,7-9H2,1-2H3,(H,21,26)(H,28,29)/t13?,17-/m1/s1. The fraction of sp³-hybridized carbons (Fsp3) is 0.400. The van der Waals surface area contributed by atoms with Gasteiger partial charge in [0, 0.05) is 23.4 Å². The maximum atomic E-state index is 12.8. The minimum atomic E-state index is -1.21. The van der Waals surface area contributed by atoms with Gasteiger partial charge >= 0.3 is 11.9 Å². The topological polar surface area (TPSA) is 144 Å². The molecule has 0 saturated carbocycles. The second kappa shape index (κ2) is 10.2. The van der Waals surface area contributed by atoms with Crippen LogP contribution in [0.25, 0.3) is 0 Å². The van der Waals surface area contributed by atoms with Crippen LogP contribution in [0.2, 0.25) is 0 Å². The highest BCUT2D eigenvalue weighted by Gasteiger charge is 2.54. The first-order valence-corrected chi connectivity index (χ1v) is 13.1. The summed E-state index contributed by atoms with van der Waals surface area (Å²) in [5, 5.41) is 22.2. The van der Waals surface area contributed by atoms with Crippen LogP contribution in [-0.2, 0) is 32.6 Å². The number of rotatable bonds is 9.